The molecule has 1 aliphatic rings. The lowest BCUT2D eigenvalue weighted by Crippen LogP contribution is -2.37. The molecule has 1 N–H and O–H groups in total. The second-order valence-corrected chi connectivity index (χ2v) is 5.80. The van der Waals surface area contributed by atoms with E-state index in [9.17, 15) is 9.90 Å². The summed E-state index contributed by atoms with van der Waals surface area (Å²) in [6.45, 7) is 8.09. The normalized spacial score (nSPS) is 25.2. The Hall–Kier alpha value is -0.410. The number of aliphatic hydroxyl groups excluding tert-OH is 1. The Morgan fingerprint density at radius 1 is 1.26 bits per heavy atom. The molecule has 1 fully saturated rings. The lowest BCUT2D eigenvalue weighted by Gasteiger charge is -2.29. The van der Waals surface area contributed by atoms with E-state index in [0.717, 1.165) is 45.2 Å². The van der Waals surface area contributed by atoms with Gasteiger partial charge < -0.3 is 5.11 Å². The van der Waals surface area contributed by atoms with Crippen LogP contribution >= 0.6 is 0 Å². The second kappa shape index (κ2) is 8.70. The average Bonchev–Trinajstić information content (AvgIpc) is 2.73. The molecule has 112 valence electrons. The number of carbonyl (C=O) groups is 1. The van der Waals surface area contributed by atoms with E-state index in [2.05, 4.69) is 25.7 Å². The summed E-state index contributed by atoms with van der Waals surface area (Å²) in [7, 11) is 0. The Morgan fingerprint density at radius 2 is 1.95 bits per heavy atom. The number of hydrogen-bond acceptors (Lipinski definition) is 3. The Kier molecular flexibility index (Phi) is 7.62. The zero-order valence-electron chi connectivity index (χ0n) is 12.9. The van der Waals surface area contributed by atoms with Crippen molar-refractivity contribution in [3.63, 3.8) is 0 Å². The maximum Gasteiger partial charge on any atom is 0.136 e. The number of ketones is 1. The van der Waals surface area contributed by atoms with Crippen LogP contribution < -0.4 is 0 Å². The van der Waals surface area contributed by atoms with Crippen LogP contribution in [0, 0.1) is 11.8 Å². The maximum absolute atomic E-state index is 12.0. The number of aliphatic hydroxyl groups is 1. The molecule has 0 aromatic heterocycles. The molecule has 0 aromatic carbocycles. The Morgan fingerprint density at radius 3 is 2.53 bits per heavy atom. The Bertz CT molecular complexity index is 263. The number of unbranched alkanes of at least 4 members (excludes halogenated alkanes) is 2. The summed E-state index contributed by atoms with van der Waals surface area (Å²) in [6.07, 6.45) is 6.71. The van der Waals surface area contributed by atoms with Crippen molar-refractivity contribution < 1.29 is 9.90 Å². The summed E-state index contributed by atoms with van der Waals surface area (Å²) in [5.41, 5.74) is 0. The number of carbonyl (C=O) groups excluding carboxylic acids is 1. The highest BCUT2D eigenvalue weighted by Gasteiger charge is 2.35. The third-order valence-electron chi connectivity index (χ3n) is 4.61. The quantitative estimate of drug-likeness (QED) is 0.516. The van der Waals surface area contributed by atoms with Gasteiger partial charge in [0.1, 0.15) is 12.0 Å². The molecule has 0 amide bonds. The van der Waals surface area contributed by atoms with Gasteiger partial charge in [0.15, 0.2) is 0 Å². The van der Waals surface area contributed by atoms with Gasteiger partial charge in [-0.1, -0.05) is 40.0 Å². The molecule has 0 spiro atoms. The summed E-state index contributed by atoms with van der Waals surface area (Å²) in [5, 5.41) is 10.3. The summed E-state index contributed by atoms with van der Waals surface area (Å²) >= 11 is 0. The highest BCUT2D eigenvalue weighted by molar-refractivity contribution is 5.83. The highest BCUT2D eigenvalue weighted by atomic mass is 16.3. The minimum Gasteiger partial charge on any atom is -0.378 e. The molecule has 3 unspecified atom stereocenters. The van der Waals surface area contributed by atoms with Gasteiger partial charge in [0.05, 0.1) is 0 Å². The monoisotopic (exact) mass is 269 g/mol. The first-order valence-electron chi connectivity index (χ1n) is 8.08. The van der Waals surface area contributed by atoms with Gasteiger partial charge >= 0.3 is 0 Å². The van der Waals surface area contributed by atoms with Crippen LogP contribution in [0.25, 0.3) is 0 Å². The van der Waals surface area contributed by atoms with Crippen molar-refractivity contribution in [2.45, 2.75) is 71.9 Å². The molecule has 3 atom stereocenters. The van der Waals surface area contributed by atoms with E-state index in [1.807, 2.05) is 0 Å². The maximum atomic E-state index is 12.0. The average molecular weight is 269 g/mol. The van der Waals surface area contributed by atoms with Gasteiger partial charge in [0, 0.05) is 12.3 Å². The van der Waals surface area contributed by atoms with Crippen molar-refractivity contribution in [3.8, 4) is 0 Å². The minimum atomic E-state index is -0.375. The van der Waals surface area contributed by atoms with Gasteiger partial charge in [-0.05, 0) is 38.3 Å². The largest absolute Gasteiger partial charge is 0.378 e. The summed E-state index contributed by atoms with van der Waals surface area (Å²) < 4.78 is 0. The first-order chi connectivity index (χ1) is 9.13. The second-order valence-electron chi connectivity index (χ2n) is 5.80. The molecule has 3 nitrogen and oxygen atoms in total. The van der Waals surface area contributed by atoms with Gasteiger partial charge in [0.25, 0.3) is 0 Å². The van der Waals surface area contributed by atoms with Crippen LogP contribution in [0.4, 0.5) is 0 Å². The van der Waals surface area contributed by atoms with E-state index in [4.69, 9.17) is 0 Å². The molecule has 0 aromatic rings. The topological polar surface area (TPSA) is 40.5 Å². The van der Waals surface area contributed by atoms with Crippen LogP contribution in [0.1, 0.15) is 65.7 Å². The third kappa shape index (κ3) is 4.88. The van der Waals surface area contributed by atoms with Gasteiger partial charge in [0.2, 0.25) is 0 Å². The number of Topliss-reactive ketones (excluding diaryl/α,β-unsaturated/α-hetero) is 1. The van der Waals surface area contributed by atoms with Crippen LogP contribution in [0.15, 0.2) is 0 Å². The van der Waals surface area contributed by atoms with E-state index in [-0.39, 0.29) is 12.1 Å². The number of nitrogens with zero attached hydrogens (tertiary/aromatic N) is 1. The molecule has 1 aliphatic carbocycles. The van der Waals surface area contributed by atoms with Gasteiger partial charge in [-0.3, -0.25) is 9.69 Å². The zero-order valence-corrected chi connectivity index (χ0v) is 12.9. The van der Waals surface area contributed by atoms with E-state index in [0.29, 0.717) is 11.7 Å². The van der Waals surface area contributed by atoms with Crippen molar-refractivity contribution >= 4 is 5.78 Å². The summed E-state index contributed by atoms with van der Waals surface area (Å²) in [6, 6.07) is 0. The molecular weight excluding hydrogens is 238 g/mol. The fourth-order valence-electron chi connectivity index (χ4n) is 3.34. The van der Waals surface area contributed by atoms with Crippen molar-refractivity contribution in [1.29, 1.82) is 0 Å². The highest BCUT2D eigenvalue weighted by Crippen LogP contribution is 2.36. The molecule has 0 radical (unpaired) electrons. The SMILES string of the molecule is CCCCCC1C(=O)CCC1CC(O)N(CC)CC. The van der Waals surface area contributed by atoms with Crippen LogP contribution in [0.2, 0.25) is 0 Å². The van der Waals surface area contributed by atoms with Crippen LogP contribution in [0.3, 0.4) is 0 Å². The first-order valence-corrected chi connectivity index (χ1v) is 8.08. The number of hydrogen-bond donors (Lipinski definition) is 1. The lowest BCUT2D eigenvalue weighted by atomic mass is 9.87. The van der Waals surface area contributed by atoms with Gasteiger partial charge in [-0.15, -0.1) is 0 Å². The van der Waals surface area contributed by atoms with Gasteiger partial charge in [-0.2, -0.15) is 0 Å². The molecule has 19 heavy (non-hydrogen) atoms. The molecule has 1 rings (SSSR count). The standard InChI is InChI=1S/C16H31NO2/c1-4-7-8-9-14-13(10-11-15(14)18)12-16(19)17(5-2)6-3/h13-14,16,19H,4-12H2,1-3H3. The van der Waals surface area contributed by atoms with Crippen molar-refractivity contribution in [1.82, 2.24) is 4.90 Å². The molecular formula is C16H31NO2. The Labute approximate surface area is 118 Å². The van der Waals surface area contributed by atoms with E-state index < -0.39 is 0 Å². The fourth-order valence-corrected chi connectivity index (χ4v) is 3.34. The predicted octanol–water partition coefficient (Wildman–Crippen LogP) is 3.21. The smallest absolute Gasteiger partial charge is 0.136 e. The third-order valence-corrected chi connectivity index (χ3v) is 4.61. The summed E-state index contributed by atoms with van der Waals surface area (Å²) in [4.78, 5) is 14.0. The van der Waals surface area contributed by atoms with Crippen molar-refractivity contribution in [3.05, 3.63) is 0 Å². The molecule has 0 saturated heterocycles. The van der Waals surface area contributed by atoms with Crippen LogP contribution in [-0.4, -0.2) is 35.1 Å². The molecule has 0 bridgehead atoms. The Balaban J connectivity index is 2.48. The van der Waals surface area contributed by atoms with Crippen molar-refractivity contribution in [2.75, 3.05) is 13.1 Å². The van der Waals surface area contributed by atoms with Crippen LogP contribution in [-0.2, 0) is 4.79 Å². The van der Waals surface area contributed by atoms with E-state index >= 15 is 0 Å². The van der Waals surface area contributed by atoms with E-state index in [1.165, 1.54) is 12.8 Å². The lowest BCUT2D eigenvalue weighted by molar-refractivity contribution is -0.121. The number of rotatable bonds is 9. The predicted molar refractivity (Wildman–Crippen MR) is 78.9 cm³/mol. The van der Waals surface area contributed by atoms with E-state index in [1.54, 1.807) is 0 Å². The zero-order chi connectivity index (χ0) is 14.3. The fraction of sp³-hybridized carbons (Fsp3) is 0.938. The first kappa shape index (κ1) is 16.6. The summed E-state index contributed by atoms with van der Waals surface area (Å²) in [5.74, 6) is 1.06. The van der Waals surface area contributed by atoms with Gasteiger partial charge in [-0.25, -0.2) is 0 Å². The molecule has 3 heteroatoms. The molecule has 0 heterocycles. The molecule has 1 saturated carbocycles. The molecule has 0 aliphatic heterocycles. The minimum absolute atomic E-state index is 0.219. The van der Waals surface area contributed by atoms with Crippen LogP contribution in [0.5, 0.6) is 0 Å². The van der Waals surface area contributed by atoms with Crippen molar-refractivity contribution in [2.24, 2.45) is 11.8 Å².